The van der Waals surface area contributed by atoms with Crippen molar-refractivity contribution in [2.45, 2.75) is 13.0 Å². The number of nitrogens with one attached hydrogen (secondary N) is 1. The fourth-order valence-corrected chi connectivity index (χ4v) is 1.42. The predicted octanol–water partition coefficient (Wildman–Crippen LogP) is 0.0549. The lowest BCUT2D eigenvalue weighted by Crippen LogP contribution is -2.26. The maximum absolute atomic E-state index is 10.6. The van der Waals surface area contributed by atoms with Gasteiger partial charge in [0, 0.05) is 25.1 Å². The van der Waals surface area contributed by atoms with Crippen LogP contribution in [0, 0.1) is 0 Å². The zero-order valence-electron chi connectivity index (χ0n) is 6.45. The van der Waals surface area contributed by atoms with Crippen LogP contribution in [-0.4, -0.2) is 27.5 Å². The summed E-state index contributed by atoms with van der Waals surface area (Å²) in [5.74, 6) is 0. The van der Waals surface area contributed by atoms with Crippen molar-refractivity contribution in [1.82, 2.24) is 15.1 Å². The van der Waals surface area contributed by atoms with Crippen LogP contribution >= 0.6 is 0 Å². The zero-order chi connectivity index (χ0) is 8.55. The Morgan fingerprint density at radius 3 is 3.33 bits per heavy atom. The summed E-state index contributed by atoms with van der Waals surface area (Å²) in [5.41, 5.74) is 1.81. The van der Waals surface area contributed by atoms with Crippen molar-refractivity contribution in [2.24, 2.45) is 0 Å². The molecule has 0 fully saturated rings. The first-order valence-corrected chi connectivity index (χ1v) is 3.79. The molecule has 1 aliphatic rings. The molecule has 5 heteroatoms. The second kappa shape index (κ2) is 2.60. The molecule has 0 saturated carbocycles. The number of carboxylic acid groups (broad SMARTS) is 1. The Hall–Kier alpha value is -1.36. The van der Waals surface area contributed by atoms with Gasteiger partial charge in [-0.05, 0) is 0 Å². The number of fused-ring (bicyclic) bond motifs is 1. The fourth-order valence-electron chi connectivity index (χ4n) is 1.42. The van der Waals surface area contributed by atoms with Gasteiger partial charge in [-0.1, -0.05) is 0 Å². The van der Waals surface area contributed by atoms with Crippen LogP contribution < -0.4 is 5.32 Å². The second-order valence-corrected chi connectivity index (χ2v) is 2.74. The zero-order valence-corrected chi connectivity index (χ0v) is 6.45. The summed E-state index contributed by atoms with van der Waals surface area (Å²) in [5, 5.41) is 15.6. The van der Waals surface area contributed by atoms with Gasteiger partial charge >= 0.3 is 6.09 Å². The van der Waals surface area contributed by atoms with Crippen LogP contribution in [0.5, 0.6) is 0 Å². The minimum absolute atomic E-state index is 0.725. The average molecular weight is 167 g/mol. The largest absolute Gasteiger partial charge is 0.463 e. The molecule has 0 aliphatic carbocycles. The third kappa shape index (κ3) is 0.984. The Bertz CT molecular complexity index is 318. The maximum atomic E-state index is 10.6. The highest BCUT2D eigenvalue weighted by molar-refractivity contribution is 5.68. The molecule has 0 aromatic carbocycles. The van der Waals surface area contributed by atoms with E-state index in [0.29, 0.717) is 0 Å². The van der Waals surface area contributed by atoms with Crippen LogP contribution in [0.3, 0.4) is 0 Å². The van der Waals surface area contributed by atoms with E-state index in [1.165, 1.54) is 0 Å². The lowest BCUT2D eigenvalue weighted by atomic mass is 10.1. The van der Waals surface area contributed by atoms with E-state index in [9.17, 15) is 4.79 Å². The van der Waals surface area contributed by atoms with Crippen LogP contribution in [0.25, 0.3) is 0 Å². The molecule has 0 saturated heterocycles. The van der Waals surface area contributed by atoms with E-state index in [4.69, 9.17) is 5.11 Å². The number of rotatable bonds is 0. The van der Waals surface area contributed by atoms with Crippen molar-refractivity contribution >= 4 is 6.09 Å². The highest BCUT2D eigenvalue weighted by Crippen LogP contribution is 2.12. The summed E-state index contributed by atoms with van der Waals surface area (Å²) < 4.78 is 1.05. The van der Waals surface area contributed by atoms with E-state index in [0.717, 1.165) is 35.4 Å². The first-order valence-electron chi connectivity index (χ1n) is 3.79. The Labute approximate surface area is 69.0 Å². The monoisotopic (exact) mass is 167 g/mol. The standard InChI is InChI=1S/C7H9N3O2/c11-7(12)10-6-1-2-8-3-5(6)4-9-10/h4,8H,1-3H2,(H,11,12). The van der Waals surface area contributed by atoms with Gasteiger partial charge in [0.1, 0.15) is 0 Å². The van der Waals surface area contributed by atoms with Gasteiger partial charge in [-0.25, -0.2) is 4.79 Å². The molecule has 0 amide bonds. The molecule has 0 bridgehead atoms. The highest BCUT2D eigenvalue weighted by atomic mass is 16.4. The lowest BCUT2D eigenvalue weighted by Gasteiger charge is -2.12. The van der Waals surface area contributed by atoms with Crippen molar-refractivity contribution in [3.63, 3.8) is 0 Å². The number of carbonyl (C=O) groups is 1. The second-order valence-electron chi connectivity index (χ2n) is 2.74. The molecule has 0 spiro atoms. The van der Waals surface area contributed by atoms with Crippen molar-refractivity contribution in [2.75, 3.05) is 6.54 Å². The molecule has 5 nitrogen and oxygen atoms in total. The smallest absolute Gasteiger partial charge is 0.432 e. The lowest BCUT2D eigenvalue weighted by molar-refractivity contribution is 0.191. The first-order chi connectivity index (χ1) is 5.79. The van der Waals surface area contributed by atoms with Gasteiger partial charge in [-0.3, -0.25) is 0 Å². The highest BCUT2D eigenvalue weighted by Gasteiger charge is 2.17. The van der Waals surface area contributed by atoms with Crippen molar-refractivity contribution in [3.8, 4) is 0 Å². The molecule has 0 atom stereocenters. The summed E-state index contributed by atoms with van der Waals surface area (Å²) in [7, 11) is 0. The third-order valence-corrected chi connectivity index (χ3v) is 1.99. The van der Waals surface area contributed by atoms with Crippen molar-refractivity contribution in [1.29, 1.82) is 0 Å². The van der Waals surface area contributed by atoms with Crippen LogP contribution in [-0.2, 0) is 13.0 Å². The van der Waals surface area contributed by atoms with Crippen molar-refractivity contribution < 1.29 is 9.90 Å². The predicted molar refractivity (Wildman–Crippen MR) is 41.1 cm³/mol. The van der Waals surface area contributed by atoms with Crippen molar-refractivity contribution in [3.05, 3.63) is 17.5 Å². The van der Waals surface area contributed by atoms with Gasteiger partial charge in [-0.2, -0.15) is 9.78 Å². The van der Waals surface area contributed by atoms with Gasteiger partial charge in [0.15, 0.2) is 0 Å². The average Bonchev–Trinajstić information content (AvgIpc) is 2.47. The molecule has 0 radical (unpaired) electrons. The van der Waals surface area contributed by atoms with Crippen LogP contribution in [0.1, 0.15) is 11.3 Å². The quantitative estimate of drug-likeness (QED) is 0.573. The number of hydrogen-bond acceptors (Lipinski definition) is 3. The Balaban J connectivity index is 2.44. The summed E-state index contributed by atoms with van der Waals surface area (Å²) in [6, 6.07) is 0. The minimum atomic E-state index is -1.00. The molecule has 2 heterocycles. The molecule has 2 rings (SSSR count). The number of nitrogens with zero attached hydrogens (tertiary/aromatic N) is 2. The van der Waals surface area contributed by atoms with Gasteiger partial charge in [-0.15, -0.1) is 0 Å². The van der Waals surface area contributed by atoms with Crippen LogP contribution in [0.2, 0.25) is 0 Å². The molecule has 1 aliphatic heterocycles. The Morgan fingerprint density at radius 1 is 1.75 bits per heavy atom. The molecular formula is C7H9N3O2. The Kier molecular flexibility index (Phi) is 1.58. The number of aromatic nitrogens is 2. The van der Waals surface area contributed by atoms with E-state index >= 15 is 0 Å². The summed E-state index contributed by atoms with van der Waals surface area (Å²) in [6.45, 7) is 1.55. The van der Waals surface area contributed by atoms with E-state index in [2.05, 4.69) is 10.4 Å². The summed E-state index contributed by atoms with van der Waals surface area (Å²) in [4.78, 5) is 10.6. The molecule has 2 N–H and O–H groups in total. The summed E-state index contributed by atoms with van der Waals surface area (Å²) >= 11 is 0. The third-order valence-electron chi connectivity index (χ3n) is 1.99. The topological polar surface area (TPSA) is 67.1 Å². The van der Waals surface area contributed by atoms with E-state index in [1.54, 1.807) is 6.20 Å². The Morgan fingerprint density at radius 2 is 2.58 bits per heavy atom. The van der Waals surface area contributed by atoms with Gasteiger partial charge in [0.25, 0.3) is 0 Å². The first kappa shape index (κ1) is 7.30. The van der Waals surface area contributed by atoms with E-state index in [-0.39, 0.29) is 0 Å². The van der Waals surface area contributed by atoms with Gasteiger partial charge in [0.2, 0.25) is 0 Å². The maximum Gasteiger partial charge on any atom is 0.432 e. The summed E-state index contributed by atoms with van der Waals surface area (Å²) in [6.07, 6.45) is 1.34. The molecule has 64 valence electrons. The van der Waals surface area contributed by atoms with Gasteiger partial charge in [0.05, 0.1) is 11.9 Å². The molecular weight excluding hydrogens is 158 g/mol. The van der Waals surface area contributed by atoms with Crippen LogP contribution in [0.15, 0.2) is 6.20 Å². The number of hydrogen-bond donors (Lipinski definition) is 2. The molecule has 1 aromatic heterocycles. The van der Waals surface area contributed by atoms with E-state index in [1.807, 2.05) is 0 Å². The van der Waals surface area contributed by atoms with Gasteiger partial charge < -0.3 is 10.4 Å². The normalized spacial score (nSPS) is 15.7. The molecule has 12 heavy (non-hydrogen) atoms. The van der Waals surface area contributed by atoms with E-state index < -0.39 is 6.09 Å². The van der Waals surface area contributed by atoms with Crippen LogP contribution in [0.4, 0.5) is 4.79 Å². The minimum Gasteiger partial charge on any atom is -0.463 e. The molecule has 0 unspecified atom stereocenters. The SMILES string of the molecule is O=C(O)n1ncc2c1CCNC2. The fraction of sp³-hybridized carbons (Fsp3) is 0.429. The molecule has 1 aromatic rings.